The molecule has 1 saturated carbocycles. The van der Waals surface area contributed by atoms with Gasteiger partial charge in [0.05, 0.1) is 21.8 Å². The van der Waals surface area contributed by atoms with Crippen molar-refractivity contribution in [2.24, 2.45) is 11.7 Å². The molecule has 0 spiro atoms. The van der Waals surface area contributed by atoms with E-state index in [4.69, 9.17) is 28.9 Å². The lowest BCUT2D eigenvalue weighted by Crippen LogP contribution is -2.14. The van der Waals surface area contributed by atoms with Crippen molar-refractivity contribution in [1.82, 2.24) is 4.98 Å². The van der Waals surface area contributed by atoms with Gasteiger partial charge >= 0.3 is 0 Å². The van der Waals surface area contributed by atoms with Crippen LogP contribution in [0, 0.1) is 5.92 Å². The van der Waals surface area contributed by atoms with Gasteiger partial charge in [0.2, 0.25) is 0 Å². The number of hydrogen-bond acceptors (Lipinski definition) is 2. The summed E-state index contributed by atoms with van der Waals surface area (Å²) in [6.07, 6.45) is 3.95. The Bertz CT molecular complexity index is 323. The monoisotopic (exact) mass is 216 g/mol. The van der Waals surface area contributed by atoms with Gasteiger partial charge in [0.15, 0.2) is 0 Å². The van der Waals surface area contributed by atoms with Crippen molar-refractivity contribution in [2.45, 2.75) is 18.9 Å². The highest BCUT2D eigenvalue weighted by Gasteiger charge is 2.31. The quantitative estimate of drug-likeness (QED) is 0.827. The molecule has 0 amide bonds. The van der Waals surface area contributed by atoms with Crippen LogP contribution in [0.3, 0.4) is 0 Å². The highest BCUT2D eigenvalue weighted by molar-refractivity contribution is 6.34. The lowest BCUT2D eigenvalue weighted by atomic mass is 10.1. The van der Waals surface area contributed by atoms with E-state index in [-0.39, 0.29) is 6.04 Å². The van der Waals surface area contributed by atoms with Gasteiger partial charge in [-0.1, -0.05) is 23.2 Å². The zero-order valence-corrected chi connectivity index (χ0v) is 8.52. The number of nitrogens with two attached hydrogens (primary N) is 1. The van der Waals surface area contributed by atoms with Gasteiger partial charge in [-0.25, -0.2) is 0 Å². The Morgan fingerprint density at radius 1 is 1.46 bits per heavy atom. The summed E-state index contributed by atoms with van der Waals surface area (Å²) in [4.78, 5) is 4.15. The summed E-state index contributed by atoms with van der Waals surface area (Å²) in [5.74, 6) is 0.561. The Morgan fingerprint density at radius 2 is 2.15 bits per heavy atom. The third kappa shape index (κ3) is 1.96. The Labute approximate surface area is 87.1 Å². The first-order valence-corrected chi connectivity index (χ1v) is 5.00. The molecule has 1 heterocycles. The second-order valence-corrected chi connectivity index (χ2v) is 4.23. The Hall–Kier alpha value is -0.310. The molecule has 1 aromatic heterocycles. The number of pyridine rings is 1. The van der Waals surface area contributed by atoms with Gasteiger partial charge in [0.25, 0.3) is 0 Å². The van der Waals surface area contributed by atoms with Crippen molar-refractivity contribution in [3.63, 3.8) is 0 Å². The number of rotatable bonds is 2. The molecule has 2 nitrogen and oxygen atoms in total. The minimum absolute atomic E-state index is 0.0234. The fourth-order valence-electron chi connectivity index (χ4n) is 1.35. The molecule has 1 unspecified atom stereocenters. The molecule has 0 aliphatic heterocycles. The third-order valence-electron chi connectivity index (χ3n) is 2.28. The standard InChI is InChI=1S/C9H10Cl2N2/c10-6-3-7(11)9(13-4-6)8(12)5-1-2-5/h3-5,8H,1-2,12H2. The van der Waals surface area contributed by atoms with Gasteiger partial charge in [-0.3, -0.25) is 4.98 Å². The van der Waals surface area contributed by atoms with E-state index in [1.54, 1.807) is 12.3 Å². The molecule has 4 heteroatoms. The predicted molar refractivity (Wildman–Crippen MR) is 53.9 cm³/mol. The van der Waals surface area contributed by atoms with Crippen molar-refractivity contribution < 1.29 is 0 Å². The predicted octanol–water partition coefficient (Wildman–Crippen LogP) is 2.80. The summed E-state index contributed by atoms with van der Waals surface area (Å²) < 4.78 is 0. The van der Waals surface area contributed by atoms with Crippen LogP contribution in [0.4, 0.5) is 0 Å². The summed E-state index contributed by atoms with van der Waals surface area (Å²) in [6, 6.07) is 1.66. The van der Waals surface area contributed by atoms with E-state index in [9.17, 15) is 0 Å². The third-order valence-corrected chi connectivity index (χ3v) is 2.79. The van der Waals surface area contributed by atoms with Crippen LogP contribution in [0.2, 0.25) is 10.0 Å². The van der Waals surface area contributed by atoms with E-state index in [1.165, 1.54) is 12.8 Å². The SMILES string of the molecule is NC(c1ncc(Cl)cc1Cl)C1CC1. The van der Waals surface area contributed by atoms with Gasteiger partial charge in [-0.05, 0) is 24.8 Å². The summed E-state index contributed by atoms with van der Waals surface area (Å²) in [6.45, 7) is 0. The van der Waals surface area contributed by atoms with Gasteiger partial charge in [-0.15, -0.1) is 0 Å². The lowest BCUT2D eigenvalue weighted by Gasteiger charge is -2.10. The van der Waals surface area contributed by atoms with Crippen LogP contribution in [0.15, 0.2) is 12.3 Å². The minimum Gasteiger partial charge on any atom is -0.322 e. The number of halogens is 2. The fraction of sp³-hybridized carbons (Fsp3) is 0.444. The van der Waals surface area contributed by atoms with Crippen molar-refractivity contribution >= 4 is 23.2 Å². The molecule has 1 aromatic rings. The molecule has 0 radical (unpaired) electrons. The zero-order valence-electron chi connectivity index (χ0n) is 7.00. The normalized spacial score (nSPS) is 18.7. The van der Waals surface area contributed by atoms with E-state index >= 15 is 0 Å². The van der Waals surface area contributed by atoms with Gasteiger partial charge in [-0.2, -0.15) is 0 Å². The van der Waals surface area contributed by atoms with Crippen LogP contribution in [-0.2, 0) is 0 Å². The van der Waals surface area contributed by atoms with E-state index in [1.807, 2.05) is 0 Å². The maximum Gasteiger partial charge on any atom is 0.0760 e. The summed E-state index contributed by atoms with van der Waals surface area (Å²) >= 11 is 11.7. The molecule has 0 bridgehead atoms. The molecule has 1 aliphatic carbocycles. The minimum atomic E-state index is -0.0234. The molecule has 2 N–H and O–H groups in total. The molecule has 13 heavy (non-hydrogen) atoms. The van der Waals surface area contributed by atoms with E-state index in [0.29, 0.717) is 16.0 Å². The summed E-state index contributed by atoms with van der Waals surface area (Å²) in [5.41, 5.74) is 6.73. The lowest BCUT2D eigenvalue weighted by molar-refractivity contribution is 0.615. The van der Waals surface area contributed by atoms with Crippen LogP contribution in [0.25, 0.3) is 0 Å². The van der Waals surface area contributed by atoms with Crippen molar-refractivity contribution in [3.8, 4) is 0 Å². The van der Waals surface area contributed by atoms with Crippen LogP contribution in [-0.4, -0.2) is 4.98 Å². The van der Waals surface area contributed by atoms with Crippen molar-refractivity contribution in [1.29, 1.82) is 0 Å². The zero-order chi connectivity index (χ0) is 9.42. The Kier molecular flexibility index (Phi) is 2.45. The van der Waals surface area contributed by atoms with Crippen LogP contribution < -0.4 is 5.73 Å². The second kappa shape index (κ2) is 3.45. The first-order valence-electron chi connectivity index (χ1n) is 4.25. The molecule has 1 fully saturated rings. The van der Waals surface area contributed by atoms with E-state index in [2.05, 4.69) is 4.98 Å². The number of nitrogens with zero attached hydrogens (tertiary/aromatic N) is 1. The molecule has 70 valence electrons. The fourth-order valence-corrected chi connectivity index (χ4v) is 1.86. The summed E-state index contributed by atoms with van der Waals surface area (Å²) in [5, 5.41) is 1.13. The Morgan fingerprint density at radius 3 is 2.69 bits per heavy atom. The molecule has 0 saturated heterocycles. The first kappa shape index (κ1) is 9.25. The van der Waals surface area contributed by atoms with Crippen molar-refractivity contribution in [3.05, 3.63) is 28.0 Å². The largest absolute Gasteiger partial charge is 0.322 e. The topological polar surface area (TPSA) is 38.9 Å². The smallest absolute Gasteiger partial charge is 0.0760 e. The molecule has 1 aliphatic rings. The highest BCUT2D eigenvalue weighted by atomic mass is 35.5. The number of aromatic nitrogens is 1. The van der Waals surface area contributed by atoms with Gasteiger partial charge in [0, 0.05) is 6.20 Å². The summed E-state index contributed by atoms with van der Waals surface area (Å²) in [7, 11) is 0. The average Bonchev–Trinajstić information content (AvgIpc) is 2.85. The molecule has 1 atom stereocenters. The highest BCUT2D eigenvalue weighted by Crippen LogP contribution is 2.40. The van der Waals surface area contributed by atoms with Crippen molar-refractivity contribution in [2.75, 3.05) is 0 Å². The first-order chi connectivity index (χ1) is 6.18. The average molecular weight is 217 g/mol. The number of hydrogen-bond donors (Lipinski definition) is 1. The van der Waals surface area contributed by atoms with Gasteiger partial charge in [0.1, 0.15) is 0 Å². The molecular weight excluding hydrogens is 207 g/mol. The second-order valence-electron chi connectivity index (χ2n) is 3.38. The molecule has 0 aromatic carbocycles. The van der Waals surface area contributed by atoms with Crippen LogP contribution in [0.5, 0.6) is 0 Å². The van der Waals surface area contributed by atoms with Crippen LogP contribution in [0.1, 0.15) is 24.6 Å². The van der Waals surface area contributed by atoms with E-state index in [0.717, 1.165) is 5.69 Å². The molecule has 2 rings (SSSR count). The maximum absolute atomic E-state index is 5.97. The maximum atomic E-state index is 5.97. The Balaban J connectivity index is 2.28. The van der Waals surface area contributed by atoms with Crippen LogP contribution >= 0.6 is 23.2 Å². The van der Waals surface area contributed by atoms with Gasteiger partial charge < -0.3 is 5.73 Å². The van der Waals surface area contributed by atoms with E-state index < -0.39 is 0 Å². The molecular formula is C9H10Cl2N2.